The predicted octanol–water partition coefficient (Wildman–Crippen LogP) is -1.53. The number of nitrogens with zero attached hydrogens (tertiary/aromatic N) is 4. The highest BCUT2D eigenvalue weighted by molar-refractivity contribution is 5.81. The van der Waals surface area contributed by atoms with Gasteiger partial charge in [-0.3, -0.25) is 4.57 Å². The molecule has 0 spiro atoms. The Balaban J connectivity index is 2.04. The van der Waals surface area contributed by atoms with Crippen molar-refractivity contribution in [2.75, 3.05) is 5.73 Å². The molecule has 2 aromatic rings. The molecule has 2 unspecified atom stereocenters. The lowest BCUT2D eigenvalue weighted by Gasteiger charge is -2.15. The molecule has 0 radical (unpaired) electrons. The molecule has 5 N–H and O–H groups in total. The zero-order valence-corrected chi connectivity index (χ0v) is 9.49. The highest BCUT2D eigenvalue weighted by Crippen LogP contribution is 2.31. The summed E-state index contributed by atoms with van der Waals surface area (Å²) in [6, 6.07) is 0. The van der Waals surface area contributed by atoms with Crippen molar-refractivity contribution in [3.63, 3.8) is 0 Å². The molecule has 0 amide bonds. The number of rotatable bonds is 2. The fraction of sp³-hybridized carbons (Fsp3) is 0.444. The van der Waals surface area contributed by atoms with Crippen LogP contribution in [-0.2, 0) is 9.62 Å². The fourth-order valence-electron chi connectivity index (χ4n) is 2.00. The molecule has 19 heavy (non-hydrogen) atoms. The van der Waals surface area contributed by atoms with E-state index in [-0.39, 0.29) is 5.82 Å². The number of anilines is 1. The van der Waals surface area contributed by atoms with Crippen LogP contribution in [0.2, 0.25) is 0 Å². The van der Waals surface area contributed by atoms with Crippen molar-refractivity contribution in [2.45, 2.75) is 24.7 Å². The first-order chi connectivity index (χ1) is 9.13. The average molecular weight is 269 g/mol. The second-order valence-electron chi connectivity index (χ2n) is 4.06. The Hall–Kier alpha value is -1.85. The van der Waals surface area contributed by atoms with Gasteiger partial charge in [0.05, 0.1) is 6.33 Å². The number of aliphatic hydroxyl groups is 2. The van der Waals surface area contributed by atoms with Gasteiger partial charge in [0.1, 0.15) is 24.1 Å². The molecular weight excluding hydrogens is 258 g/mol. The Bertz CT molecular complexity index is 604. The SMILES string of the molecule is Nc1ncnc2c1ncn2[C@@H]1O[C@H](OO)C(O)C1O. The van der Waals surface area contributed by atoms with E-state index in [1.165, 1.54) is 17.2 Å². The van der Waals surface area contributed by atoms with E-state index in [0.29, 0.717) is 11.2 Å². The van der Waals surface area contributed by atoms with E-state index in [1.807, 2.05) is 0 Å². The molecule has 1 fully saturated rings. The Labute approximate surface area is 106 Å². The highest BCUT2D eigenvalue weighted by atomic mass is 17.1. The average Bonchev–Trinajstić information content (AvgIpc) is 2.94. The number of imidazole rings is 1. The molecule has 10 nitrogen and oxygen atoms in total. The summed E-state index contributed by atoms with van der Waals surface area (Å²) < 4.78 is 6.55. The van der Waals surface area contributed by atoms with Crippen LogP contribution < -0.4 is 5.73 Å². The van der Waals surface area contributed by atoms with Gasteiger partial charge in [0.15, 0.2) is 17.7 Å². The fourth-order valence-corrected chi connectivity index (χ4v) is 2.00. The van der Waals surface area contributed by atoms with E-state index in [9.17, 15) is 10.2 Å². The minimum Gasteiger partial charge on any atom is -0.385 e. The van der Waals surface area contributed by atoms with E-state index < -0.39 is 24.7 Å². The Morgan fingerprint density at radius 1 is 1.26 bits per heavy atom. The number of hydrogen-bond acceptors (Lipinski definition) is 9. The van der Waals surface area contributed by atoms with E-state index >= 15 is 0 Å². The van der Waals surface area contributed by atoms with Crippen molar-refractivity contribution in [3.8, 4) is 0 Å². The molecule has 102 valence electrons. The third-order valence-electron chi connectivity index (χ3n) is 2.96. The normalized spacial score (nSPS) is 31.1. The van der Waals surface area contributed by atoms with Gasteiger partial charge in [0, 0.05) is 0 Å². The molecule has 2 aromatic heterocycles. The molecule has 0 bridgehead atoms. The molecule has 3 rings (SSSR count). The summed E-state index contributed by atoms with van der Waals surface area (Å²) in [4.78, 5) is 15.7. The van der Waals surface area contributed by atoms with Gasteiger partial charge in [-0.05, 0) is 0 Å². The molecule has 0 saturated carbocycles. The summed E-state index contributed by atoms with van der Waals surface area (Å²) in [5.74, 6) is 0.187. The summed E-state index contributed by atoms with van der Waals surface area (Å²) in [5.41, 5.74) is 6.32. The van der Waals surface area contributed by atoms with Crippen LogP contribution >= 0.6 is 0 Å². The maximum Gasteiger partial charge on any atom is 0.221 e. The number of ether oxygens (including phenoxy) is 1. The van der Waals surface area contributed by atoms with Crippen LogP contribution in [0.4, 0.5) is 5.82 Å². The van der Waals surface area contributed by atoms with Gasteiger partial charge >= 0.3 is 0 Å². The molecule has 10 heteroatoms. The Morgan fingerprint density at radius 2 is 2.05 bits per heavy atom. The van der Waals surface area contributed by atoms with Crippen molar-refractivity contribution in [1.82, 2.24) is 19.5 Å². The van der Waals surface area contributed by atoms with Crippen LogP contribution in [0.15, 0.2) is 12.7 Å². The van der Waals surface area contributed by atoms with Crippen LogP contribution in [0.5, 0.6) is 0 Å². The quantitative estimate of drug-likeness (QED) is 0.376. The summed E-state index contributed by atoms with van der Waals surface area (Å²) in [6.45, 7) is 0. The first-order valence-corrected chi connectivity index (χ1v) is 5.38. The maximum absolute atomic E-state index is 9.87. The lowest BCUT2D eigenvalue weighted by Crippen LogP contribution is -2.32. The second-order valence-corrected chi connectivity index (χ2v) is 4.06. The second kappa shape index (κ2) is 4.36. The number of nitrogens with two attached hydrogens (primary N) is 1. The van der Waals surface area contributed by atoms with E-state index in [4.69, 9.17) is 15.7 Å². The van der Waals surface area contributed by atoms with Crippen LogP contribution in [0.25, 0.3) is 11.2 Å². The predicted molar refractivity (Wildman–Crippen MR) is 59.4 cm³/mol. The molecule has 4 atom stereocenters. The van der Waals surface area contributed by atoms with E-state index in [1.54, 1.807) is 0 Å². The zero-order valence-electron chi connectivity index (χ0n) is 9.49. The zero-order chi connectivity index (χ0) is 13.6. The Kier molecular flexibility index (Phi) is 2.80. The largest absolute Gasteiger partial charge is 0.385 e. The lowest BCUT2D eigenvalue weighted by atomic mass is 10.2. The standard InChI is InChI=1S/C9H11N5O5/c10-6-3-7(12-1-11-6)14(2-13-3)8-4(15)5(16)9(18-8)19-17/h1-2,4-5,8-9,15-17H,(H2,10,11,12)/t4?,5?,8-,9-/m1/s1. The van der Waals surface area contributed by atoms with Gasteiger partial charge in [-0.2, -0.15) is 0 Å². The molecular formula is C9H11N5O5. The minimum atomic E-state index is -1.40. The highest BCUT2D eigenvalue weighted by Gasteiger charge is 2.45. The van der Waals surface area contributed by atoms with Crippen molar-refractivity contribution in [3.05, 3.63) is 12.7 Å². The number of aliphatic hydroxyl groups excluding tert-OH is 2. The number of fused-ring (bicyclic) bond motifs is 1. The van der Waals surface area contributed by atoms with Crippen LogP contribution in [0.3, 0.4) is 0 Å². The molecule has 1 aliphatic heterocycles. The van der Waals surface area contributed by atoms with Gasteiger partial charge < -0.3 is 20.7 Å². The van der Waals surface area contributed by atoms with Crippen molar-refractivity contribution < 1.29 is 25.1 Å². The van der Waals surface area contributed by atoms with Gasteiger partial charge in [0.2, 0.25) is 6.29 Å². The third-order valence-corrected chi connectivity index (χ3v) is 2.96. The van der Waals surface area contributed by atoms with Crippen molar-refractivity contribution in [1.29, 1.82) is 0 Å². The van der Waals surface area contributed by atoms with Gasteiger partial charge in [-0.1, -0.05) is 0 Å². The van der Waals surface area contributed by atoms with Crippen LogP contribution in [0, 0.1) is 0 Å². The first-order valence-electron chi connectivity index (χ1n) is 5.38. The maximum atomic E-state index is 9.87. The minimum absolute atomic E-state index is 0.187. The van der Waals surface area contributed by atoms with Crippen LogP contribution in [0.1, 0.15) is 6.23 Å². The summed E-state index contributed by atoms with van der Waals surface area (Å²) in [6.07, 6.45) is -2.48. The monoisotopic (exact) mass is 269 g/mol. The van der Waals surface area contributed by atoms with Gasteiger partial charge in [0.25, 0.3) is 0 Å². The summed E-state index contributed by atoms with van der Waals surface area (Å²) in [7, 11) is 0. The smallest absolute Gasteiger partial charge is 0.221 e. The van der Waals surface area contributed by atoms with Crippen molar-refractivity contribution in [2.24, 2.45) is 0 Å². The summed E-state index contributed by atoms with van der Waals surface area (Å²) in [5, 5.41) is 28.0. The number of nitrogen functional groups attached to an aromatic ring is 1. The molecule has 3 heterocycles. The molecule has 0 aromatic carbocycles. The topological polar surface area (TPSA) is 149 Å². The number of hydrogen-bond donors (Lipinski definition) is 4. The molecule has 1 aliphatic rings. The van der Waals surface area contributed by atoms with E-state index in [2.05, 4.69) is 19.8 Å². The first kappa shape index (κ1) is 12.2. The molecule has 0 aliphatic carbocycles. The number of aromatic nitrogens is 4. The van der Waals surface area contributed by atoms with E-state index in [0.717, 1.165) is 0 Å². The van der Waals surface area contributed by atoms with Gasteiger partial charge in [-0.25, -0.2) is 25.1 Å². The lowest BCUT2D eigenvalue weighted by molar-refractivity contribution is -0.357. The van der Waals surface area contributed by atoms with Crippen molar-refractivity contribution >= 4 is 17.0 Å². The Morgan fingerprint density at radius 3 is 2.74 bits per heavy atom. The van der Waals surface area contributed by atoms with Gasteiger partial charge in [-0.15, -0.1) is 0 Å². The summed E-state index contributed by atoms with van der Waals surface area (Å²) >= 11 is 0. The third kappa shape index (κ3) is 1.74. The van der Waals surface area contributed by atoms with Crippen LogP contribution in [-0.4, -0.2) is 53.5 Å². The molecule has 1 saturated heterocycles.